The van der Waals surface area contributed by atoms with Gasteiger partial charge >= 0.3 is 5.97 Å². The molecule has 1 aromatic rings. The Morgan fingerprint density at radius 3 is 2.58 bits per heavy atom. The van der Waals surface area contributed by atoms with Gasteiger partial charge in [0.2, 0.25) is 0 Å². The van der Waals surface area contributed by atoms with E-state index in [0.29, 0.717) is 0 Å². The SMILES string of the molecule is COC(=O)/C=C/[C@H](O)[C@@H](C)c1ccc(OC)cc1C. The molecule has 0 fully saturated rings. The summed E-state index contributed by atoms with van der Waals surface area (Å²) in [6, 6.07) is 5.70. The number of aliphatic hydroxyl groups excluding tert-OH is 1. The molecule has 0 saturated carbocycles. The molecule has 0 unspecified atom stereocenters. The minimum atomic E-state index is -0.744. The van der Waals surface area contributed by atoms with Gasteiger partial charge in [0.1, 0.15) is 5.75 Å². The predicted octanol–water partition coefficient (Wildman–Crippen LogP) is 2.20. The maximum atomic E-state index is 11.0. The van der Waals surface area contributed by atoms with Crippen LogP contribution < -0.4 is 4.74 Å². The summed E-state index contributed by atoms with van der Waals surface area (Å²) in [6.07, 6.45) is 1.94. The van der Waals surface area contributed by atoms with Crippen molar-refractivity contribution in [1.29, 1.82) is 0 Å². The Kier molecular flexibility index (Phi) is 5.57. The van der Waals surface area contributed by atoms with Crippen molar-refractivity contribution in [3.05, 3.63) is 41.5 Å². The normalized spacial score (nSPS) is 14.2. The molecule has 0 spiro atoms. The van der Waals surface area contributed by atoms with E-state index in [0.717, 1.165) is 16.9 Å². The van der Waals surface area contributed by atoms with Crippen LogP contribution in [-0.4, -0.2) is 31.4 Å². The summed E-state index contributed by atoms with van der Waals surface area (Å²) in [5.74, 6) is 0.192. The number of rotatable bonds is 5. The minimum Gasteiger partial charge on any atom is -0.497 e. The third-order valence-electron chi connectivity index (χ3n) is 3.11. The zero-order valence-corrected chi connectivity index (χ0v) is 11.7. The number of benzene rings is 1. The summed E-state index contributed by atoms with van der Waals surface area (Å²) in [5, 5.41) is 10.0. The van der Waals surface area contributed by atoms with Gasteiger partial charge in [-0.05, 0) is 36.3 Å². The Morgan fingerprint density at radius 2 is 2.05 bits per heavy atom. The van der Waals surface area contributed by atoms with Crippen LogP contribution in [0.5, 0.6) is 5.75 Å². The first-order chi connectivity index (χ1) is 8.99. The largest absolute Gasteiger partial charge is 0.497 e. The van der Waals surface area contributed by atoms with Crippen molar-refractivity contribution < 1.29 is 19.4 Å². The van der Waals surface area contributed by atoms with Crippen LogP contribution in [0.1, 0.15) is 24.0 Å². The second-order valence-corrected chi connectivity index (χ2v) is 4.38. The summed E-state index contributed by atoms with van der Waals surface area (Å²) in [4.78, 5) is 11.0. The Hall–Kier alpha value is -1.81. The maximum absolute atomic E-state index is 11.0. The van der Waals surface area contributed by atoms with Crippen molar-refractivity contribution in [1.82, 2.24) is 0 Å². The van der Waals surface area contributed by atoms with Crippen LogP contribution in [0.2, 0.25) is 0 Å². The van der Waals surface area contributed by atoms with Crippen LogP contribution in [0.15, 0.2) is 30.4 Å². The molecule has 0 aliphatic heterocycles. The van der Waals surface area contributed by atoms with Gasteiger partial charge in [0.15, 0.2) is 0 Å². The molecule has 0 aromatic heterocycles. The van der Waals surface area contributed by atoms with Gasteiger partial charge in [0, 0.05) is 12.0 Å². The van der Waals surface area contributed by atoms with Crippen molar-refractivity contribution in [3.8, 4) is 5.75 Å². The number of carbonyl (C=O) groups is 1. The predicted molar refractivity (Wildman–Crippen MR) is 73.3 cm³/mol. The highest BCUT2D eigenvalue weighted by Gasteiger charge is 2.16. The first-order valence-electron chi connectivity index (χ1n) is 6.08. The maximum Gasteiger partial charge on any atom is 0.330 e. The third kappa shape index (κ3) is 4.10. The highest BCUT2D eigenvalue weighted by atomic mass is 16.5. The van der Waals surface area contributed by atoms with E-state index in [-0.39, 0.29) is 5.92 Å². The van der Waals surface area contributed by atoms with E-state index in [1.54, 1.807) is 7.11 Å². The smallest absolute Gasteiger partial charge is 0.330 e. The number of aryl methyl sites for hydroxylation is 1. The Balaban J connectivity index is 2.84. The van der Waals surface area contributed by atoms with Crippen LogP contribution in [0.25, 0.3) is 0 Å². The van der Waals surface area contributed by atoms with E-state index in [4.69, 9.17) is 4.74 Å². The summed E-state index contributed by atoms with van der Waals surface area (Å²) in [5.41, 5.74) is 2.06. The second kappa shape index (κ2) is 6.95. The molecule has 4 nitrogen and oxygen atoms in total. The van der Waals surface area contributed by atoms with Gasteiger partial charge in [-0.15, -0.1) is 0 Å². The van der Waals surface area contributed by atoms with Crippen molar-refractivity contribution in [2.75, 3.05) is 14.2 Å². The highest BCUT2D eigenvalue weighted by Crippen LogP contribution is 2.26. The van der Waals surface area contributed by atoms with Crippen LogP contribution in [0.3, 0.4) is 0 Å². The van der Waals surface area contributed by atoms with Crippen molar-refractivity contribution in [3.63, 3.8) is 0 Å². The molecular formula is C15H20O4. The number of hydrogen-bond acceptors (Lipinski definition) is 4. The van der Waals surface area contributed by atoms with Gasteiger partial charge in [-0.25, -0.2) is 4.79 Å². The quantitative estimate of drug-likeness (QED) is 0.654. The molecule has 1 aromatic carbocycles. The molecule has 0 radical (unpaired) electrons. The monoisotopic (exact) mass is 264 g/mol. The Labute approximate surface area is 113 Å². The fraction of sp³-hybridized carbons (Fsp3) is 0.400. The van der Waals surface area contributed by atoms with Gasteiger partial charge in [0.05, 0.1) is 20.3 Å². The van der Waals surface area contributed by atoms with E-state index < -0.39 is 12.1 Å². The van der Waals surface area contributed by atoms with Crippen molar-refractivity contribution >= 4 is 5.97 Å². The van der Waals surface area contributed by atoms with E-state index in [1.807, 2.05) is 32.0 Å². The molecule has 104 valence electrons. The van der Waals surface area contributed by atoms with Gasteiger partial charge in [-0.2, -0.15) is 0 Å². The lowest BCUT2D eigenvalue weighted by Gasteiger charge is -2.18. The Morgan fingerprint density at radius 1 is 1.37 bits per heavy atom. The van der Waals surface area contributed by atoms with Crippen LogP contribution in [0, 0.1) is 6.92 Å². The van der Waals surface area contributed by atoms with Crippen molar-refractivity contribution in [2.24, 2.45) is 0 Å². The third-order valence-corrected chi connectivity index (χ3v) is 3.11. The molecular weight excluding hydrogens is 244 g/mol. The summed E-state index contributed by atoms with van der Waals surface area (Å²) in [7, 11) is 2.92. The zero-order valence-electron chi connectivity index (χ0n) is 11.7. The average Bonchev–Trinajstić information content (AvgIpc) is 2.43. The van der Waals surface area contributed by atoms with E-state index >= 15 is 0 Å². The van der Waals surface area contributed by atoms with Gasteiger partial charge in [-0.3, -0.25) is 0 Å². The average molecular weight is 264 g/mol. The fourth-order valence-electron chi connectivity index (χ4n) is 1.88. The molecule has 0 aliphatic carbocycles. The van der Waals surface area contributed by atoms with E-state index in [2.05, 4.69) is 4.74 Å². The highest BCUT2D eigenvalue weighted by molar-refractivity contribution is 5.81. The molecule has 4 heteroatoms. The van der Waals surface area contributed by atoms with Gasteiger partial charge in [-0.1, -0.05) is 13.0 Å². The number of carbonyl (C=O) groups excluding carboxylic acids is 1. The minimum absolute atomic E-state index is 0.119. The zero-order chi connectivity index (χ0) is 14.4. The topological polar surface area (TPSA) is 55.8 Å². The standard InChI is InChI=1S/C15H20O4/c1-10-9-12(18-3)5-6-13(10)11(2)14(16)7-8-15(17)19-4/h5-9,11,14,16H,1-4H3/b8-7+/t11-,14-/m0/s1. The van der Waals surface area contributed by atoms with Gasteiger partial charge < -0.3 is 14.6 Å². The second-order valence-electron chi connectivity index (χ2n) is 4.38. The number of hydrogen-bond donors (Lipinski definition) is 1. The van der Waals surface area contributed by atoms with Crippen LogP contribution in [0.4, 0.5) is 0 Å². The number of aliphatic hydroxyl groups is 1. The number of ether oxygens (including phenoxy) is 2. The number of esters is 1. The Bertz CT molecular complexity index is 465. The number of methoxy groups -OCH3 is 2. The molecule has 0 aliphatic rings. The van der Waals surface area contributed by atoms with Crippen LogP contribution >= 0.6 is 0 Å². The first-order valence-corrected chi connectivity index (χ1v) is 6.08. The summed E-state index contributed by atoms with van der Waals surface area (Å²) >= 11 is 0. The molecule has 0 amide bonds. The molecule has 1 rings (SSSR count). The fourth-order valence-corrected chi connectivity index (χ4v) is 1.88. The lowest BCUT2D eigenvalue weighted by Crippen LogP contribution is -2.14. The molecule has 2 atom stereocenters. The summed E-state index contributed by atoms with van der Waals surface area (Å²) < 4.78 is 9.63. The molecule has 0 bridgehead atoms. The first kappa shape index (κ1) is 15.2. The molecule has 1 N–H and O–H groups in total. The van der Waals surface area contributed by atoms with Gasteiger partial charge in [0.25, 0.3) is 0 Å². The molecule has 0 heterocycles. The molecule has 19 heavy (non-hydrogen) atoms. The summed E-state index contributed by atoms with van der Waals surface area (Å²) in [6.45, 7) is 3.87. The lowest BCUT2D eigenvalue weighted by molar-refractivity contribution is -0.134. The van der Waals surface area contributed by atoms with Crippen LogP contribution in [-0.2, 0) is 9.53 Å². The molecule has 0 saturated heterocycles. The van der Waals surface area contributed by atoms with E-state index in [9.17, 15) is 9.90 Å². The van der Waals surface area contributed by atoms with Crippen molar-refractivity contribution in [2.45, 2.75) is 25.9 Å². The van der Waals surface area contributed by atoms with E-state index in [1.165, 1.54) is 19.3 Å². The lowest BCUT2D eigenvalue weighted by atomic mass is 9.91.